The van der Waals surface area contributed by atoms with Crippen molar-refractivity contribution in [3.05, 3.63) is 29.8 Å². The normalized spacial score (nSPS) is 14.0. The molecule has 4 nitrogen and oxygen atoms in total. The highest BCUT2D eigenvalue weighted by molar-refractivity contribution is 5.94. The molecule has 1 aromatic rings. The fourth-order valence-corrected chi connectivity index (χ4v) is 2.04. The van der Waals surface area contributed by atoms with E-state index in [9.17, 15) is 14.7 Å². The summed E-state index contributed by atoms with van der Waals surface area (Å²) in [5, 5.41) is 12.2. The minimum Gasteiger partial charge on any atom is -0.481 e. The fourth-order valence-electron chi connectivity index (χ4n) is 2.04. The van der Waals surface area contributed by atoms with Crippen LogP contribution in [0, 0.1) is 11.3 Å². The molecule has 0 radical (unpaired) electrons. The first kappa shape index (κ1) is 17.2. The number of carbonyl (C=O) groups is 2. The maximum Gasteiger partial charge on any atom is 0.310 e. The molecule has 0 fully saturated rings. The molecule has 0 saturated carbocycles. The third-order valence-corrected chi connectivity index (χ3v) is 4.13. The lowest BCUT2D eigenvalue weighted by molar-refractivity contribution is -0.153. The second-order valence-electron chi connectivity index (χ2n) is 6.38. The van der Waals surface area contributed by atoms with E-state index in [0.29, 0.717) is 11.6 Å². The molecule has 0 aliphatic heterocycles. The smallest absolute Gasteiger partial charge is 0.310 e. The van der Waals surface area contributed by atoms with E-state index in [1.54, 1.807) is 6.92 Å². The number of nitrogens with one attached hydrogen (secondary N) is 1. The zero-order chi connectivity index (χ0) is 16.2. The maximum atomic E-state index is 12.1. The Balaban J connectivity index is 2.82. The van der Waals surface area contributed by atoms with Crippen LogP contribution >= 0.6 is 0 Å². The van der Waals surface area contributed by atoms with Gasteiger partial charge in [0.1, 0.15) is 0 Å². The molecule has 1 aromatic carbocycles. The van der Waals surface area contributed by atoms with Gasteiger partial charge in [-0.1, -0.05) is 39.8 Å². The quantitative estimate of drug-likeness (QED) is 0.835. The molecule has 116 valence electrons. The van der Waals surface area contributed by atoms with Crippen molar-refractivity contribution in [2.45, 2.75) is 47.0 Å². The number of hydrogen-bond acceptors (Lipinski definition) is 2. The summed E-state index contributed by atoms with van der Waals surface area (Å²) in [6.45, 7) is 9.42. The van der Waals surface area contributed by atoms with Crippen LogP contribution in [-0.2, 0) is 9.59 Å². The SMILES string of the molecule is CC(C)c1cccc(NC(=O)CC(C)(C(=O)O)C(C)C)c1. The van der Waals surface area contributed by atoms with Crippen LogP contribution in [0.15, 0.2) is 24.3 Å². The molecule has 1 unspecified atom stereocenters. The van der Waals surface area contributed by atoms with Crippen LogP contribution in [0.5, 0.6) is 0 Å². The molecule has 0 bridgehead atoms. The summed E-state index contributed by atoms with van der Waals surface area (Å²) >= 11 is 0. The van der Waals surface area contributed by atoms with Crippen LogP contribution in [0.2, 0.25) is 0 Å². The van der Waals surface area contributed by atoms with E-state index in [1.807, 2.05) is 38.1 Å². The molecule has 0 spiro atoms. The van der Waals surface area contributed by atoms with Crippen LogP contribution < -0.4 is 5.32 Å². The second-order valence-corrected chi connectivity index (χ2v) is 6.38. The molecule has 4 heteroatoms. The Morgan fingerprint density at radius 2 is 1.86 bits per heavy atom. The van der Waals surface area contributed by atoms with E-state index in [4.69, 9.17) is 0 Å². The van der Waals surface area contributed by atoms with Gasteiger partial charge < -0.3 is 10.4 Å². The number of aliphatic carboxylic acids is 1. The summed E-state index contributed by atoms with van der Waals surface area (Å²) in [5.41, 5.74) is 0.792. The van der Waals surface area contributed by atoms with Gasteiger partial charge in [0.15, 0.2) is 0 Å². The van der Waals surface area contributed by atoms with Crippen molar-refractivity contribution in [1.29, 1.82) is 0 Å². The average Bonchev–Trinajstić information content (AvgIpc) is 2.38. The lowest BCUT2D eigenvalue weighted by Gasteiger charge is -2.28. The third kappa shape index (κ3) is 4.31. The largest absolute Gasteiger partial charge is 0.481 e. The number of amides is 1. The van der Waals surface area contributed by atoms with Crippen LogP contribution in [0.4, 0.5) is 5.69 Å². The van der Waals surface area contributed by atoms with Gasteiger partial charge in [-0.15, -0.1) is 0 Å². The number of hydrogen-bond donors (Lipinski definition) is 2. The van der Waals surface area contributed by atoms with E-state index in [2.05, 4.69) is 19.2 Å². The summed E-state index contributed by atoms with van der Waals surface area (Å²) in [6, 6.07) is 7.65. The molecule has 0 aliphatic carbocycles. The predicted octanol–water partition coefficient (Wildman–Crippen LogP) is 3.89. The van der Waals surface area contributed by atoms with Crippen LogP contribution in [0.1, 0.15) is 52.5 Å². The Morgan fingerprint density at radius 1 is 1.24 bits per heavy atom. The highest BCUT2D eigenvalue weighted by Gasteiger charge is 2.38. The summed E-state index contributed by atoms with van der Waals surface area (Å²) in [4.78, 5) is 23.6. The summed E-state index contributed by atoms with van der Waals surface area (Å²) < 4.78 is 0. The van der Waals surface area contributed by atoms with Gasteiger partial charge in [0.25, 0.3) is 0 Å². The molecule has 0 heterocycles. The van der Waals surface area contributed by atoms with Crippen LogP contribution in [0.3, 0.4) is 0 Å². The Labute approximate surface area is 126 Å². The van der Waals surface area contributed by atoms with Gasteiger partial charge in [-0.05, 0) is 36.5 Å². The van der Waals surface area contributed by atoms with Gasteiger partial charge in [0.05, 0.1) is 5.41 Å². The maximum absolute atomic E-state index is 12.1. The third-order valence-electron chi connectivity index (χ3n) is 4.13. The van der Waals surface area contributed by atoms with E-state index in [-0.39, 0.29) is 18.2 Å². The Hall–Kier alpha value is -1.84. The van der Waals surface area contributed by atoms with Crippen LogP contribution in [-0.4, -0.2) is 17.0 Å². The van der Waals surface area contributed by atoms with Crippen LogP contribution in [0.25, 0.3) is 0 Å². The van der Waals surface area contributed by atoms with Crippen molar-refractivity contribution in [2.24, 2.45) is 11.3 Å². The number of carboxylic acid groups (broad SMARTS) is 1. The van der Waals surface area contributed by atoms with Gasteiger partial charge in [-0.3, -0.25) is 9.59 Å². The Morgan fingerprint density at radius 3 is 2.33 bits per heavy atom. The number of carboxylic acids is 1. The summed E-state index contributed by atoms with van der Waals surface area (Å²) in [6.07, 6.45) is -0.0358. The van der Waals surface area contributed by atoms with Gasteiger partial charge in [-0.2, -0.15) is 0 Å². The molecular formula is C17H25NO3. The second kappa shape index (κ2) is 6.74. The van der Waals surface area contributed by atoms with Gasteiger partial charge in [0.2, 0.25) is 5.91 Å². The molecule has 0 saturated heterocycles. The monoisotopic (exact) mass is 291 g/mol. The Kier molecular flexibility index (Phi) is 5.53. The Bertz CT molecular complexity index is 523. The van der Waals surface area contributed by atoms with Gasteiger partial charge in [0, 0.05) is 12.1 Å². The molecule has 0 aliphatic rings. The van der Waals surface area contributed by atoms with Gasteiger partial charge in [-0.25, -0.2) is 0 Å². The minimum atomic E-state index is -1.06. The summed E-state index contributed by atoms with van der Waals surface area (Å²) in [7, 11) is 0. The predicted molar refractivity (Wildman–Crippen MR) is 84.4 cm³/mol. The van der Waals surface area contributed by atoms with Gasteiger partial charge >= 0.3 is 5.97 Å². The van der Waals surface area contributed by atoms with E-state index < -0.39 is 11.4 Å². The number of benzene rings is 1. The lowest BCUT2D eigenvalue weighted by atomic mass is 9.76. The number of carbonyl (C=O) groups excluding carboxylic acids is 1. The first-order valence-electron chi connectivity index (χ1n) is 7.30. The molecule has 2 N–H and O–H groups in total. The standard InChI is InChI=1S/C17H25NO3/c1-11(2)13-7-6-8-14(9-13)18-15(19)10-17(5,12(3)4)16(20)21/h6-9,11-12H,10H2,1-5H3,(H,18,19)(H,20,21). The zero-order valence-corrected chi connectivity index (χ0v) is 13.4. The average molecular weight is 291 g/mol. The molecular weight excluding hydrogens is 266 g/mol. The van der Waals surface area contributed by atoms with E-state index >= 15 is 0 Å². The van der Waals surface area contributed by atoms with E-state index in [0.717, 1.165) is 5.56 Å². The first-order valence-corrected chi connectivity index (χ1v) is 7.30. The number of anilines is 1. The van der Waals surface area contributed by atoms with Crippen molar-refractivity contribution in [3.63, 3.8) is 0 Å². The first-order chi connectivity index (χ1) is 9.66. The topological polar surface area (TPSA) is 66.4 Å². The highest BCUT2D eigenvalue weighted by Crippen LogP contribution is 2.32. The molecule has 21 heavy (non-hydrogen) atoms. The molecule has 0 aromatic heterocycles. The molecule has 1 rings (SSSR count). The molecule has 1 atom stereocenters. The minimum absolute atomic E-state index is 0.0358. The van der Waals surface area contributed by atoms with Crippen molar-refractivity contribution >= 4 is 17.6 Å². The lowest BCUT2D eigenvalue weighted by Crippen LogP contribution is -2.37. The number of rotatable bonds is 6. The van der Waals surface area contributed by atoms with E-state index in [1.165, 1.54) is 0 Å². The van der Waals surface area contributed by atoms with Crippen molar-refractivity contribution < 1.29 is 14.7 Å². The van der Waals surface area contributed by atoms with Crippen molar-refractivity contribution in [1.82, 2.24) is 0 Å². The zero-order valence-electron chi connectivity index (χ0n) is 13.4. The molecule has 1 amide bonds. The fraction of sp³-hybridized carbons (Fsp3) is 0.529. The van der Waals surface area contributed by atoms with Crippen molar-refractivity contribution in [2.75, 3.05) is 5.32 Å². The summed E-state index contributed by atoms with van der Waals surface area (Å²) in [5.74, 6) is -0.956. The highest BCUT2D eigenvalue weighted by atomic mass is 16.4. The van der Waals surface area contributed by atoms with Crippen molar-refractivity contribution in [3.8, 4) is 0 Å².